The van der Waals surface area contributed by atoms with Crippen molar-refractivity contribution in [3.8, 4) is 0 Å². The van der Waals surface area contributed by atoms with Crippen molar-refractivity contribution in [3.05, 3.63) is 0 Å². The van der Waals surface area contributed by atoms with E-state index >= 15 is 0 Å². The van der Waals surface area contributed by atoms with Gasteiger partial charge in [-0.3, -0.25) is 4.79 Å². The molecule has 0 atom stereocenters. The van der Waals surface area contributed by atoms with E-state index in [1.165, 1.54) is 32.1 Å². The first-order valence-electron chi connectivity index (χ1n) is 7.75. The Hall–Kier alpha value is -0.320. The van der Waals surface area contributed by atoms with E-state index in [0.29, 0.717) is 19.2 Å². The van der Waals surface area contributed by atoms with Gasteiger partial charge < -0.3 is 15.4 Å². The Morgan fingerprint density at radius 1 is 1.10 bits per heavy atom. The first-order valence-corrected chi connectivity index (χ1v) is 7.75. The van der Waals surface area contributed by atoms with Crippen molar-refractivity contribution < 1.29 is 9.53 Å². The van der Waals surface area contributed by atoms with E-state index in [0.717, 1.165) is 30.2 Å². The Balaban J connectivity index is 0.00000147. The van der Waals surface area contributed by atoms with Crippen LogP contribution in [0.15, 0.2) is 0 Å². The van der Waals surface area contributed by atoms with Gasteiger partial charge in [0, 0.05) is 19.7 Å². The van der Waals surface area contributed by atoms with Gasteiger partial charge >= 0.3 is 0 Å². The van der Waals surface area contributed by atoms with Gasteiger partial charge in [-0.1, -0.05) is 0 Å². The van der Waals surface area contributed by atoms with Crippen molar-refractivity contribution in [2.75, 3.05) is 26.8 Å². The van der Waals surface area contributed by atoms with Gasteiger partial charge in [-0.15, -0.1) is 12.4 Å². The smallest absolute Gasteiger partial charge is 0.234 e. The SMILES string of the molecule is COCCNCC(=O)NC1C2CC3CC(C2)CC1C3.Cl. The number of hydrogen-bond acceptors (Lipinski definition) is 3. The highest BCUT2D eigenvalue weighted by Crippen LogP contribution is 2.53. The van der Waals surface area contributed by atoms with E-state index < -0.39 is 0 Å². The van der Waals surface area contributed by atoms with Crippen LogP contribution in [-0.2, 0) is 9.53 Å². The number of methoxy groups -OCH3 is 1. The van der Waals surface area contributed by atoms with Crippen LogP contribution in [-0.4, -0.2) is 38.8 Å². The molecule has 0 heterocycles. The largest absolute Gasteiger partial charge is 0.383 e. The molecule has 0 spiro atoms. The number of carbonyl (C=O) groups is 1. The third-order valence-corrected chi connectivity index (χ3v) is 5.32. The summed E-state index contributed by atoms with van der Waals surface area (Å²) in [6, 6.07) is 0.463. The van der Waals surface area contributed by atoms with Gasteiger partial charge in [-0.2, -0.15) is 0 Å². The molecule has 0 aromatic carbocycles. The molecule has 4 rings (SSSR count). The maximum atomic E-state index is 12.0. The molecule has 20 heavy (non-hydrogen) atoms. The lowest BCUT2D eigenvalue weighted by Gasteiger charge is -2.54. The van der Waals surface area contributed by atoms with Crippen LogP contribution >= 0.6 is 12.4 Å². The molecule has 116 valence electrons. The quantitative estimate of drug-likeness (QED) is 0.733. The summed E-state index contributed by atoms with van der Waals surface area (Å²) in [6.45, 7) is 1.82. The van der Waals surface area contributed by atoms with Crippen LogP contribution in [0.3, 0.4) is 0 Å². The molecule has 4 aliphatic carbocycles. The first kappa shape index (κ1) is 16.1. The molecule has 0 saturated heterocycles. The van der Waals surface area contributed by atoms with E-state index in [-0.39, 0.29) is 18.3 Å². The van der Waals surface area contributed by atoms with Gasteiger partial charge in [-0.05, 0) is 55.8 Å². The van der Waals surface area contributed by atoms with Crippen LogP contribution in [0.2, 0.25) is 0 Å². The lowest BCUT2D eigenvalue weighted by atomic mass is 9.54. The van der Waals surface area contributed by atoms with Gasteiger partial charge in [0.15, 0.2) is 0 Å². The molecular weight excluding hydrogens is 276 g/mol. The van der Waals surface area contributed by atoms with E-state index in [2.05, 4.69) is 10.6 Å². The molecule has 4 nitrogen and oxygen atoms in total. The second-order valence-electron chi connectivity index (χ2n) is 6.69. The zero-order chi connectivity index (χ0) is 13.2. The zero-order valence-electron chi connectivity index (χ0n) is 12.3. The van der Waals surface area contributed by atoms with Crippen LogP contribution in [0, 0.1) is 23.7 Å². The molecule has 1 amide bonds. The van der Waals surface area contributed by atoms with Crippen molar-refractivity contribution in [1.82, 2.24) is 10.6 Å². The molecule has 0 aromatic rings. The second-order valence-corrected chi connectivity index (χ2v) is 6.69. The summed E-state index contributed by atoms with van der Waals surface area (Å²) in [4.78, 5) is 12.0. The van der Waals surface area contributed by atoms with Crippen molar-refractivity contribution in [2.24, 2.45) is 23.7 Å². The first-order chi connectivity index (χ1) is 9.26. The standard InChI is InChI=1S/C15H26N2O2.ClH/c1-19-3-2-16-9-14(18)17-15-12-5-10-4-11(7-12)8-13(15)6-10;/h10-13,15-16H,2-9H2,1H3,(H,17,18);1H. The number of ether oxygens (including phenoxy) is 1. The summed E-state index contributed by atoms with van der Waals surface area (Å²) in [5.41, 5.74) is 0. The molecule has 0 aliphatic heterocycles. The fraction of sp³-hybridized carbons (Fsp3) is 0.933. The molecule has 5 heteroatoms. The van der Waals surface area contributed by atoms with Crippen LogP contribution < -0.4 is 10.6 Å². The van der Waals surface area contributed by atoms with Gasteiger partial charge in [-0.25, -0.2) is 0 Å². The highest BCUT2D eigenvalue weighted by molar-refractivity contribution is 5.85. The molecule has 2 N–H and O–H groups in total. The molecule has 4 fully saturated rings. The van der Waals surface area contributed by atoms with Crippen LogP contribution in [0.4, 0.5) is 0 Å². The molecular formula is C15H27ClN2O2. The topological polar surface area (TPSA) is 50.4 Å². The van der Waals surface area contributed by atoms with Gasteiger partial charge in [0.25, 0.3) is 0 Å². The summed E-state index contributed by atoms with van der Waals surface area (Å²) >= 11 is 0. The number of amides is 1. The Morgan fingerprint density at radius 2 is 1.70 bits per heavy atom. The summed E-state index contributed by atoms with van der Waals surface area (Å²) in [5, 5.41) is 6.42. The summed E-state index contributed by atoms with van der Waals surface area (Å²) in [5.74, 6) is 3.62. The van der Waals surface area contributed by atoms with Gasteiger partial charge in [0.2, 0.25) is 5.91 Å². The van der Waals surface area contributed by atoms with Gasteiger partial charge in [0.05, 0.1) is 13.2 Å². The normalized spacial score (nSPS) is 37.5. The Kier molecular flexibility index (Phi) is 5.70. The minimum Gasteiger partial charge on any atom is -0.383 e. The van der Waals surface area contributed by atoms with Crippen molar-refractivity contribution in [1.29, 1.82) is 0 Å². The predicted molar refractivity (Wildman–Crippen MR) is 81.0 cm³/mol. The van der Waals surface area contributed by atoms with Crippen LogP contribution in [0.25, 0.3) is 0 Å². The maximum Gasteiger partial charge on any atom is 0.234 e. The minimum atomic E-state index is 0. The number of nitrogens with one attached hydrogen (secondary N) is 2. The molecule has 0 unspecified atom stereocenters. The van der Waals surface area contributed by atoms with E-state index in [1.807, 2.05) is 0 Å². The van der Waals surface area contributed by atoms with E-state index in [4.69, 9.17) is 4.74 Å². The summed E-state index contributed by atoms with van der Waals surface area (Å²) < 4.78 is 4.96. The lowest BCUT2D eigenvalue weighted by molar-refractivity contribution is -0.124. The monoisotopic (exact) mass is 302 g/mol. The van der Waals surface area contributed by atoms with Gasteiger partial charge in [0.1, 0.15) is 0 Å². The average molecular weight is 303 g/mol. The van der Waals surface area contributed by atoms with Crippen molar-refractivity contribution in [2.45, 2.75) is 38.1 Å². The number of hydrogen-bond donors (Lipinski definition) is 2. The third kappa shape index (κ3) is 3.46. The number of halogens is 1. The third-order valence-electron chi connectivity index (χ3n) is 5.32. The average Bonchev–Trinajstić information content (AvgIpc) is 2.38. The molecule has 4 saturated carbocycles. The number of carbonyl (C=O) groups excluding carboxylic acids is 1. The second kappa shape index (κ2) is 7.10. The Bertz CT molecular complexity index is 310. The fourth-order valence-electron chi connectivity index (χ4n) is 4.77. The van der Waals surface area contributed by atoms with E-state index in [1.54, 1.807) is 7.11 Å². The molecule has 0 radical (unpaired) electrons. The Morgan fingerprint density at radius 3 is 2.25 bits per heavy atom. The van der Waals surface area contributed by atoms with Crippen molar-refractivity contribution >= 4 is 18.3 Å². The van der Waals surface area contributed by atoms with E-state index in [9.17, 15) is 4.79 Å². The predicted octanol–water partition coefficient (Wildman–Crippen LogP) is 1.59. The fourth-order valence-corrected chi connectivity index (χ4v) is 4.77. The highest BCUT2D eigenvalue weighted by Gasteiger charge is 2.48. The summed E-state index contributed by atoms with van der Waals surface area (Å²) in [6.07, 6.45) is 6.89. The summed E-state index contributed by atoms with van der Waals surface area (Å²) in [7, 11) is 1.68. The molecule has 4 aliphatic rings. The Labute approximate surface area is 127 Å². The van der Waals surface area contributed by atoms with Crippen LogP contribution in [0.5, 0.6) is 0 Å². The lowest BCUT2D eigenvalue weighted by Crippen LogP contribution is -2.56. The van der Waals surface area contributed by atoms with Crippen LogP contribution in [0.1, 0.15) is 32.1 Å². The molecule has 4 bridgehead atoms. The van der Waals surface area contributed by atoms with Crippen molar-refractivity contribution in [3.63, 3.8) is 0 Å². The zero-order valence-corrected chi connectivity index (χ0v) is 13.1. The molecule has 0 aromatic heterocycles. The highest BCUT2D eigenvalue weighted by atomic mass is 35.5. The maximum absolute atomic E-state index is 12.0. The number of rotatable bonds is 6. The minimum absolute atomic E-state index is 0.